The fourth-order valence-corrected chi connectivity index (χ4v) is 7.48. The summed E-state index contributed by atoms with van der Waals surface area (Å²) >= 11 is 3.19. The molecule has 49 heavy (non-hydrogen) atoms. The Kier molecular flexibility index (Phi) is 9.91. The third-order valence-electron chi connectivity index (χ3n) is 9.59. The molecule has 4 atom stereocenters. The van der Waals surface area contributed by atoms with E-state index in [4.69, 9.17) is 10.5 Å². The summed E-state index contributed by atoms with van der Waals surface area (Å²) in [6.45, 7) is 0. The highest BCUT2D eigenvalue weighted by molar-refractivity contribution is 9.10. The number of hydrogen-bond acceptors (Lipinski definition) is 6. The van der Waals surface area contributed by atoms with Crippen LogP contribution in [0, 0.1) is 0 Å². The number of alkyl halides is 5. The molecular weight excluding hydrogens is 717 g/mol. The molecule has 2 bridgehead atoms. The van der Waals surface area contributed by atoms with Crippen molar-refractivity contribution in [3.05, 3.63) is 76.3 Å². The van der Waals surface area contributed by atoms with Gasteiger partial charge in [-0.05, 0) is 92.5 Å². The zero-order valence-electron chi connectivity index (χ0n) is 26.2. The molecule has 2 aliphatic heterocycles. The molecule has 14 heteroatoms. The highest BCUT2D eigenvalue weighted by Crippen LogP contribution is 2.40. The molecule has 262 valence electrons. The second-order valence-corrected chi connectivity index (χ2v) is 13.9. The number of nitrogens with one attached hydrogen (secondary N) is 1. The maximum atomic E-state index is 16.4. The number of hydrogen-bond donors (Lipinski definition) is 2. The van der Waals surface area contributed by atoms with Crippen molar-refractivity contribution < 1.29 is 45.8 Å². The number of esters is 1. The van der Waals surface area contributed by atoms with Gasteiger partial charge in [-0.15, -0.1) is 0 Å². The molecule has 3 aliphatic rings. The van der Waals surface area contributed by atoms with Gasteiger partial charge in [-0.2, -0.15) is 22.0 Å². The number of nitrogens with zero attached hydrogens (tertiary/aromatic N) is 1. The number of fused-ring (bicyclic) bond motifs is 3. The summed E-state index contributed by atoms with van der Waals surface area (Å²) in [5.41, 5.74) is 5.30. The van der Waals surface area contributed by atoms with Gasteiger partial charge in [0.2, 0.25) is 6.10 Å². The lowest BCUT2D eigenvalue weighted by Gasteiger charge is -2.41. The summed E-state index contributed by atoms with van der Waals surface area (Å²) in [4.78, 5) is 41.3. The summed E-state index contributed by atoms with van der Waals surface area (Å²) in [5.74, 6) is -8.75. The monoisotopic (exact) mass is 751 g/mol. The van der Waals surface area contributed by atoms with Crippen molar-refractivity contribution in [2.75, 3.05) is 0 Å². The lowest BCUT2D eigenvalue weighted by Crippen LogP contribution is -2.61. The molecule has 0 radical (unpaired) electrons. The van der Waals surface area contributed by atoms with E-state index in [9.17, 15) is 27.6 Å². The summed E-state index contributed by atoms with van der Waals surface area (Å²) in [5, 5.41) is 3.10. The quantitative estimate of drug-likeness (QED) is 0.183. The molecule has 3 aromatic rings. The van der Waals surface area contributed by atoms with Gasteiger partial charge in [-0.3, -0.25) is 9.59 Å². The van der Waals surface area contributed by atoms with Gasteiger partial charge in [0.1, 0.15) is 5.75 Å². The van der Waals surface area contributed by atoms with Crippen LogP contribution in [0.2, 0.25) is 0 Å². The number of ether oxygens (including phenoxy) is 2. The number of carbonyl (C=O) groups is 3. The average molecular weight is 753 g/mol. The van der Waals surface area contributed by atoms with E-state index < -0.39 is 59.7 Å². The standard InChI is InChI=1S/C35H35BrF5N3O5/c36-23-10-8-22(9-11-23)34(37,38)30(32(46)44-25-12-13-26(44)18-24(42)17-25)43-31(45)29(49-33(47)35(39,40)41)21-6-5-20-16-28(14-7-19(20)15-21)48-27-3-1-2-4-27/h5-11,14-16,24-27,29-30H,1-4,12-13,17-18,42H2,(H,43,45)/t24?,25?,26?,29-,30-/m1/s1. The zero-order chi connectivity index (χ0) is 35.1. The van der Waals surface area contributed by atoms with E-state index in [1.54, 1.807) is 18.2 Å². The molecule has 3 N–H and O–H groups in total. The van der Waals surface area contributed by atoms with Crippen LogP contribution in [0.3, 0.4) is 0 Å². The van der Waals surface area contributed by atoms with Crippen molar-refractivity contribution in [2.24, 2.45) is 5.73 Å². The minimum absolute atomic E-state index is 0.0784. The Bertz CT molecular complexity index is 1700. The highest BCUT2D eigenvalue weighted by Gasteiger charge is 2.54. The molecule has 2 heterocycles. The Balaban J connectivity index is 1.34. The van der Waals surface area contributed by atoms with E-state index in [2.05, 4.69) is 20.7 Å². The van der Waals surface area contributed by atoms with E-state index in [-0.39, 0.29) is 17.7 Å². The van der Waals surface area contributed by atoms with Gasteiger partial charge in [-0.1, -0.05) is 46.3 Å². The molecule has 0 aromatic heterocycles. The van der Waals surface area contributed by atoms with Crippen LogP contribution >= 0.6 is 15.9 Å². The van der Waals surface area contributed by atoms with Crippen LogP contribution in [-0.4, -0.2) is 59.1 Å². The number of nitrogens with two attached hydrogens (primary N) is 1. The molecule has 2 amide bonds. The van der Waals surface area contributed by atoms with Crippen molar-refractivity contribution in [2.45, 2.75) is 99.8 Å². The molecule has 1 saturated carbocycles. The van der Waals surface area contributed by atoms with Gasteiger partial charge in [0.15, 0.2) is 6.04 Å². The molecule has 3 fully saturated rings. The van der Waals surface area contributed by atoms with Gasteiger partial charge >= 0.3 is 18.1 Å². The van der Waals surface area contributed by atoms with Crippen LogP contribution in [0.4, 0.5) is 22.0 Å². The van der Waals surface area contributed by atoms with E-state index in [0.29, 0.717) is 46.7 Å². The maximum absolute atomic E-state index is 16.4. The number of rotatable bonds is 9. The molecule has 1 aliphatic carbocycles. The van der Waals surface area contributed by atoms with Crippen LogP contribution in [0.1, 0.15) is 68.6 Å². The second kappa shape index (κ2) is 13.9. The van der Waals surface area contributed by atoms with Crippen molar-refractivity contribution in [1.82, 2.24) is 10.2 Å². The lowest BCUT2D eigenvalue weighted by molar-refractivity contribution is -0.206. The first-order chi connectivity index (χ1) is 23.2. The predicted octanol–water partition coefficient (Wildman–Crippen LogP) is 6.83. The van der Waals surface area contributed by atoms with Gasteiger partial charge in [0.25, 0.3) is 11.8 Å². The van der Waals surface area contributed by atoms with Crippen LogP contribution in [0.5, 0.6) is 5.75 Å². The third kappa shape index (κ3) is 7.54. The summed E-state index contributed by atoms with van der Waals surface area (Å²) in [7, 11) is 0. The van der Waals surface area contributed by atoms with Crippen LogP contribution in [0.15, 0.2) is 65.1 Å². The Labute approximate surface area is 287 Å². The van der Waals surface area contributed by atoms with Crippen molar-refractivity contribution >= 4 is 44.5 Å². The number of carbonyl (C=O) groups excluding carboxylic acids is 3. The summed E-state index contributed by atoms with van der Waals surface area (Å²) in [6, 6.07) is 10.3. The topological polar surface area (TPSA) is 111 Å². The molecular formula is C35H35BrF5N3O5. The SMILES string of the molecule is NC1CC2CCC(C1)N2C(=O)[C@@H](NC(=O)[C@H](OC(=O)C(F)(F)F)c1ccc2cc(OC3CCCC3)ccc2c1)C(F)(F)c1ccc(Br)cc1. The van der Waals surface area contributed by atoms with Gasteiger partial charge < -0.3 is 25.4 Å². The summed E-state index contributed by atoms with van der Waals surface area (Å²) in [6.07, 6.45) is -1.94. The van der Waals surface area contributed by atoms with E-state index in [1.807, 2.05) is 5.32 Å². The minimum Gasteiger partial charge on any atom is -0.490 e. The first-order valence-corrected chi connectivity index (χ1v) is 17.0. The van der Waals surface area contributed by atoms with Crippen molar-refractivity contribution in [3.8, 4) is 5.75 Å². The molecule has 2 unspecified atom stereocenters. The van der Waals surface area contributed by atoms with Gasteiger partial charge in [-0.25, -0.2) is 4.79 Å². The number of piperidine rings is 1. The zero-order valence-corrected chi connectivity index (χ0v) is 27.8. The normalized spacial score (nSPS) is 22.5. The maximum Gasteiger partial charge on any atom is 0.490 e. The van der Waals surface area contributed by atoms with Crippen LogP contribution < -0.4 is 15.8 Å². The first-order valence-electron chi connectivity index (χ1n) is 16.2. The molecule has 6 rings (SSSR count). The Morgan fingerprint density at radius 2 is 1.47 bits per heavy atom. The first kappa shape index (κ1) is 35.1. The Hall–Kier alpha value is -3.78. The predicted molar refractivity (Wildman–Crippen MR) is 173 cm³/mol. The number of benzene rings is 3. The highest BCUT2D eigenvalue weighted by atomic mass is 79.9. The van der Waals surface area contributed by atoms with E-state index in [1.165, 1.54) is 35.2 Å². The smallest absolute Gasteiger partial charge is 0.490 e. The molecule has 2 saturated heterocycles. The molecule has 3 aromatic carbocycles. The number of amides is 2. The second-order valence-electron chi connectivity index (χ2n) is 13.0. The third-order valence-corrected chi connectivity index (χ3v) is 10.1. The molecule has 8 nitrogen and oxygen atoms in total. The fourth-order valence-electron chi connectivity index (χ4n) is 7.22. The van der Waals surface area contributed by atoms with Crippen LogP contribution in [0.25, 0.3) is 10.8 Å². The average Bonchev–Trinajstić information content (AvgIpc) is 3.66. The van der Waals surface area contributed by atoms with Crippen molar-refractivity contribution in [3.63, 3.8) is 0 Å². The molecule has 0 spiro atoms. The Morgan fingerprint density at radius 3 is 2.10 bits per heavy atom. The number of halogens is 6. The van der Waals surface area contributed by atoms with Crippen molar-refractivity contribution in [1.29, 1.82) is 0 Å². The summed E-state index contributed by atoms with van der Waals surface area (Å²) < 4.78 is 84.2. The van der Waals surface area contributed by atoms with Gasteiger partial charge in [0.05, 0.1) is 6.10 Å². The largest absolute Gasteiger partial charge is 0.490 e. The fraction of sp³-hybridized carbons (Fsp3) is 0.457. The lowest BCUT2D eigenvalue weighted by atomic mass is 9.94. The Morgan fingerprint density at radius 1 is 0.857 bits per heavy atom. The van der Waals surface area contributed by atoms with Gasteiger partial charge in [0, 0.05) is 33.7 Å². The van der Waals surface area contributed by atoms with Crippen LogP contribution in [-0.2, 0) is 25.0 Å². The van der Waals surface area contributed by atoms with E-state index in [0.717, 1.165) is 37.8 Å². The van der Waals surface area contributed by atoms with E-state index >= 15 is 8.78 Å². The minimum atomic E-state index is -5.50.